The molecule has 0 aliphatic rings. The predicted molar refractivity (Wildman–Crippen MR) is 55.5 cm³/mol. The molecule has 0 aromatic rings. The number of carboxylic acids is 1. The third kappa shape index (κ3) is 4.60. The van der Waals surface area contributed by atoms with Gasteiger partial charge in [0.2, 0.25) is 0 Å². The molecule has 0 spiro atoms. The van der Waals surface area contributed by atoms with E-state index in [9.17, 15) is 14.4 Å². The Bertz CT molecular complexity index is 300. The molecule has 0 heterocycles. The minimum atomic E-state index is -1.49. The van der Waals surface area contributed by atoms with Crippen LogP contribution in [0, 0.1) is 10.8 Å². The topological polar surface area (TPSA) is 71.4 Å². The Morgan fingerprint density at radius 1 is 0.938 bits per heavy atom. The van der Waals surface area contributed by atoms with Crippen molar-refractivity contribution >= 4 is 17.5 Å². The first-order chi connectivity index (χ1) is 6.49. The zero-order valence-corrected chi connectivity index (χ0v) is 13.5. The summed E-state index contributed by atoms with van der Waals surface area (Å²) in [5, 5.41) is 8.80. The number of hydrogen-bond donors (Lipinski definition) is 1. The van der Waals surface area contributed by atoms with Crippen molar-refractivity contribution < 1.29 is 41.9 Å². The van der Waals surface area contributed by atoms with Crippen LogP contribution in [0.5, 0.6) is 0 Å². The molecule has 0 fully saturated rings. The Labute approximate surface area is 111 Å². The summed E-state index contributed by atoms with van der Waals surface area (Å²) in [6.45, 7) is 7.74. The Balaban J connectivity index is 0. The van der Waals surface area contributed by atoms with E-state index >= 15 is 0 Å². The number of carbonyl (C=O) groups excluding carboxylic acids is 2. The van der Waals surface area contributed by atoms with Crippen molar-refractivity contribution in [2.45, 2.75) is 41.0 Å². The summed E-state index contributed by atoms with van der Waals surface area (Å²) >= 11 is 0. The predicted octanol–water partition coefficient (Wildman–Crippen LogP) is 1.67. The Hall–Kier alpha value is -0.450. The SMILES string of the molecule is CC(C)(C)C(=O)CC(=O)C(C)(C)C(=O)O.[Ta]. The molecule has 0 bridgehead atoms. The summed E-state index contributed by atoms with van der Waals surface area (Å²) in [4.78, 5) is 33.9. The van der Waals surface area contributed by atoms with Gasteiger partial charge in [-0.05, 0) is 13.8 Å². The number of carboxylic acid groups (broad SMARTS) is 1. The third-order valence-electron chi connectivity index (χ3n) is 2.39. The van der Waals surface area contributed by atoms with Gasteiger partial charge >= 0.3 is 5.97 Å². The van der Waals surface area contributed by atoms with Gasteiger partial charge in [0.1, 0.15) is 11.2 Å². The fraction of sp³-hybridized carbons (Fsp3) is 0.727. The summed E-state index contributed by atoms with van der Waals surface area (Å²) in [5.74, 6) is -1.98. The van der Waals surface area contributed by atoms with Crippen molar-refractivity contribution in [2.24, 2.45) is 10.8 Å². The van der Waals surface area contributed by atoms with Gasteiger partial charge in [-0.1, -0.05) is 20.8 Å². The van der Waals surface area contributed by atoms with Gasteiger partial charge in [-0.3, -0.25) is 14.4 Å². The van der Waals surface area contributed by atoms with Crippen molar-refractivity contribution in [1.29, 1.82) is 0 Å². The summed E-state index contributed by atoms with van der Waals surface area (Å²) < 4.78 is 0. The number of rotatable bonds is 4. The molecule has 0 aromatic heterocycles. The first-order valence-corrected chi connectivity index (χ1v) is 4.79. The third-order valence-corrected chi connectivity index (χ3v) is 2.39. The van der Waals surface area contributed by atoms with Crippen LogP contribution in [0.2, 0.25) is 0 Å². The Morgan fingerprint density at radius 2 is 1.31 bits per heavy atom. The van der Waals surface area contributed by atoms with Crippen LogP contribution < -0.4 is 0 Å². The van der Waals surface area contributed by atoms with E-state index in [1.807, 2.05) is 0 Å². The summed E-state index contributed by atoms with van der Waals surface area (Å²) in [5.41, 5.74) is -2.09. The largest absolute Gasteiger partial charge is 0.481 e. The number of ketones is 2. The molecular weight excluding hydrogens is 377 g/mol. The van der Waals surface area contributed by atoms with Gasteiger partial charge in [0.05, 0.1) is 6.42 Å². The molecule has 4 nitrogen and oxygen atoms in total. The van der Waals surface area contributed by atoms with E-state index in [1.165, 1.54) is 13.8 Å². The standard InChI is InChI=1S/C11H18O4.Ta/c1-10(2,3)7(12)6-8(13)11(4,5)9(14)15;/h6H2,1-5H3,(H,14,15);. The van der Waals surface area contributed by atoms with Gasteiger partial charge in [0, 0.05) is 27.8 Å². The fourth-order valence-electron chi connectivity index (χ4n) is 0.751. The van der Waals surface area contributed by atoms with E-state index < -0.39 is 22.6 Å². The number of aliphatic carboxylic acids is 1. The molecule has 0 amide bonds. The van der Waals surface area contributed by atoms with E-state index in [-0.39, 0.29) is 34.6 Å². The average Bonchev–Trinajstić information content (AvgIpc) is 2.01. The molecule has 5 heteroatoms. The van der Waals surface area contributed by atoms with Gasteiger partial charge in [0.15, 0.2) is 5.78 Å². The monoisotopic (exact) mass is 395 g/mol. The maximum atomic E-state index is 11.6. The molecule has 1 N–H and O–H groups in total. The summed E-state index contributed by atoms with van der Waals surface area (Å²) in [7, 11) is 0. The first kappa shape index (κ1) is 17.9. The molecule has 91 valence electrons. The van der Waals surface area contributed by atoms with Crippen molar-refractivity contribution in [2.75, 3.05) is 0 Å². The van der Waals surface area contributed by atoms with Crippen LogP contribution in [0.4, 0.5) is 0 Å². The molecule has 0 aliphatic heterocycles. The number of Topliss-reactive ketones (excluding diaryl/α,β-unsaturated/α-hetero) is 2. The van der Waals surface area contributed by atoms with Crippen molar-refractivity contribution in [3.05, 3.63) is 0 Å². The van der Waals surface area contributed by atoms with Gasteiger partial charge in [0.25, 0.3) is 0 Å². The van der Waals surface area contributed by atoms with Gasteiger partial charge < -0.3 is 5.11 Å². The second-order valence-corrected chi connectivity index (χ2v) is 5.20. The van der Waals surface area contributed by atoms with E-state index in [0.717, 1.165) is 0 Å². The second-order valence-electron chi connectivity index (χ2n) is 5.20. The smallest absolute Gasteiger partial charge is 0.316 e. The van der Waals surface area contributed by atoms with Crippen molar-refractivity contribution in [3.8, 4) is 0 Å². The van der Waals surface area contributed by atoms with Crippen LogP contribution in [-0.4, -0.2) is 22.6 Å². The Kier molecular flexibility index (Phi) is 6.45. The van der Waals surface area contributed by atoms with Crippen molar-refractivity contribution in [1.82, 2.24) is 0 Å². The van der Waals surface area contributed by atoms with Crippen LogP contribution in [-0.2, 0) is 36.8 Å². The molecule has 0 aliphatic carbocycles. The van der Waals surface area contributed by atoms with Gasteiger partial charge in [-0.2, -0.15) is 0 Å². The normalized spacial score (nSPS) is 11.6. The quantitative estimate of drug-likeness (QED) is 0.736. The maximum Gasteiger partial charge on any atom is 0.316 e. The summed E-state index contributed by atoms with van der Waals surface area (Å²) in [6.07, 6.45) is -0.317. The van der Waals surface area contributed by atoms with Gasteiger partial charge in [-0.25, -0.2) is 0 Å². The van der Waals surface area contributed by atoms with Crippen LogP contribution in [0.25, 0.3) is 0 Å². The maximum absolute atomic E-state index is 11.6. The molecule has 0 saturated carbocycles. The first-order valence-electron chi connectivity index (χ1n) is 4.79. The second kappa shape index (κ2) is 5.75. The van der Waals surface area contributed by atoms with E-state index in [4.69, 9.17) is 5.11 Å². The molecule has 0 unspecified atom stereocenters. The van der Waals surface area contributed by atoms with E-state index in [2.05, 4.69) is 0 Å². The number of hydrogen-bond acceptors (Lipinski definition) is 3. The minimum absolute atomic E-state index is 0. The van der Waals surface area contributed by atoms with Crippen LogP contribution >= 0.6 is 0 Å². The van der Waals surface area contributed by atoms with E-state index in [0.29, 0.717) is 0 Å². The fourth-order valence-corrected chi connectivity index (χ4v) is 0.751. The van der Waals surface area contributed by atoms with Crippen LogP contribution in [0.3, 0.4) is 0 Å². The number of carbonyl (C=O) groups is 3. The average molecular weight is 395 g/mol. The molecule has 0 rings (SSSR count). The zero-order valence-electron chi connectivity index (χ0n) is 10.3. The summed E-state index contributed by atoms with van der Waals surface area (Å²) in [6, 6.07) is 0. The van der Waals surface area contributed by atoms with Crippen LogP contribution in [0.15, 0.2) is 0 Å². The Morgan fingerprint density at radius 3 is 1.56 bits per heavy atom. The van der Waals surface area contributed by atoms with Gasteiger partial charge in [-0.15, -0.1) is 0 Å². The van der Waals surface area contributed by atoms with Crippen LogP contribution in [0.1, 0.15) is 41.0 Å². The molecule has 0 aromatic carbocycles. The van der Waals surface area contributed by atoms with Crippen molar-refractivity contribution in [3.63, 3.8) is 0 Å². The molecule has 0 atom stereocenters. The molecule has 16 heavy (non-hydrogen) atoms. The molecule has 1 radical (unpaired) electrons. The molecular formula is C11H18O4Ta. The minimum Gasteiger partial charge on any atom is -0.481 e. The zero-order chi connectivity index (χ0) is 12.4. The van der Waals surface area contributed by atoms with E-state index in [1.54, 1.807) is 20.8 Å². The molecule has 0 saturated heterocycles.